The Morgan fingerprint density at radius 3 is 2.68 bits per heavy atom. The monoisotopic (exact) mass is 305 g/mol. The van der Waals surface area contributed by atoms with Crippen LogP contribution in [0.4, 0.5) is 0 Å². The molecule has 22 heavy (non-hydrogen) atoms. The molecular formula is C17H27N3O2. The number of piperidine rings is 1. The predicted molar refractivity (Wildman–Crippen MR) is 86.7 cm³/mol. The molecule has 0 unspecified atom stereocenters. The first-order chi connectivity index (χ1) is 10.2. The molecule has 2 N–H and O–H groups in total. The van der Waals surface area contributed by atoms with Gasteiger partial charge in [0.05, 0.1) is 12.1 Å². The van der Waals surface area contributed by atoms with Crippen LogP contribution in [-0.4, -0.2) is 28.5 Å². The van der Waals surface area contributed by atoms with Crippen molar-refractivity contribution in [1.29, 1.82) is 0 Å². The Morgan fingerprint density at radius 2 is 2.09 bits per heavy atom. The van der Waals surface area contributed by atoms with Gasteiger partial charge in [0.2, 0.25) is 5.91 Å². The predicted octanol–water partition coefficient (Wildman–Crippen LogP) is 2.49. The Labute approximate surface area is 132 Å². The van der Waals surface area contributed by atoms with Crippen molar-refractivity contribution in [2.24, 2.45) is 5.41 Å². The topological polar surface area (TPSA) is 63.1 Å². The molecule has 1 aromatic rings. The summed E-state index contributed by atoms with van der Waals surface area (Å²) in [6.45, 7) is 10.4. The number of hydrogen-bond donors (Lipinski definition) is 2. The molecule has 1 fully saturated rings. The lowest BCUT2D eigenvalue weighted by Crippen LogP contribution is -2.60. The van der Waals surface area contributed by atoms with Crippen molar-refractivity contribution in [3.05, 3.63) is 24.0 Å². The Morgan fingerprint density at radius 1 is 1.41 bits per heavy atom. The first-order valence-electron chi connectivity index (χ1n) is 7.97. The molecule has 1 aliphatic heterocycles. The summed E-state index contributed by atoms with van der Waals surface area (Å²) in [4.78, 5) is 24.3. The van der Waals surface area contributed by atoms with Crippen LogP contribution >= 0.6 is 0 Å². The lowest BCUT2D eigenvalue weighted by Gasteiger charge is -2.41. The SMILES string of the molecule is CC(C)n1cccc1C(=O)N[C@@H]1CCC(=O)N[C@H]1C(C)(C)C. The maximum absolute atomic E-state index is 12.6. The molecule has 2 rings (SSSR count). The van der Waals surface area contributed by atoms with Gasteiger partial charge >= 0.3 is 0 Å². The van der Waals surface area contributed by atoms with Gasteiger partial charge in [-0.2, -0.15) is 0 Å². The Bertz CT molecular complexity index is 554. The molecule has 0 aromatic carbocycles. The summed E-state index contributed by atoms with van der Waals surface area (Å²) in [7, 11) is 0. The van der Waals surface area contributed by atoms with E-state index >= 15 is 0 Å². The second-order valence-electron chi connectivity index (χ2n) is 7.42. The summed E-state index contributed by atoms with van der Waals surface area (Å²) in [5.74, 6) is -0.00919. The summed E-state index contributed by atoms with van der Waals surface area (Å²) in [6, 6.07) is 3.86. The number of nitrogens with one attached hydrogen (secondary N) is 2. The third-order valence-electron chi connectivity index (χ3n) is 4.22. The first-order valence-corrected chi connectivity index (χ1v) is 7.97. The van der Waals surface area contributed by atoms with Crippen LogP contribution in [0.25, 0.3) is 0 Å². The molecule has 2 heterocycles. The molecule has 2 atom stereocenters. The van der Waals surface area contributed by atoms with Gasteiger partial charge in [-0.15, -0.1) is 0 Å². The molecule has 2 amide bonds. The minimum atomic E-state index is -0.103. The zero-order valence-corrected chi connectivity index (χ0v) is 14.1. The van der Waals surface area contributed by atoms with Crippen LogP contribution in [-0.2, 0) is 4.79 Å². The van der Waals surface area contributed by atoms with Crippen molar-refractivity contribution < 1.29 is 9.59 Å². The summed E-state index contributed by atoms with van der Waals surface area (Å²) >= 11 is 0. The first kappa shape index (κ1) is 16.6. The second-order valence-corrected chi connectivity index (χ2v) is 7.42. The Balaban J connectivity index is 2.15. The second kappa shape index (κ2) is 6.15. The summed E-state index contributed by atoms with van der Waals surface area (Å²) in [5.41, 5.74) is 0.563. The minimum Gasteiger partial charge on any atom is -0.351 e. The van der Waals surface area contributed by atoms with E-state index < -0.39 is 0 Å². The summed E-state index contributed by atoms with van der Waals surface area (Å²) in [5, 5.41) is 6.15. The summed E-state index contributed by atoms with van der Waals surface area (Å²) < 4.78 is 1.96. The van der Waals surface area contributed by atoms with Crippen LogP contribution in [0.1, 0.15) is 64.0 Å². The van der Waals surface area contributed by atoms with Gasteiger partial charge in [0, 0.05) is 18.7 Å². The van der Waals surface area contributed by atoms with Gasteiger partial charge in [0.1, 0.15) is 5.69 Å². The van der Waals surface area contributed by atoms with Crippen LogP contribution in [0, 0.1) is 5.41 Å². The lowest BCUT2D eigenvalue weighted by molar-refractivity contribution is -0.125. The highest BCUT2D eigenvalue weighted by Gasteiger charge is 2.37. The molecule has 0 saturated carbocycles. The van der Waals surface area contributed by atoms with Gasteiger partial charge in [-0.1, -0.05) is 20.8 Å². The zero-order chi connectivity index (χ0) is 16.5. The molecular weight excluding hydrogens is 278 g/mol. The van der Waals surface area contributed by atoms with Gasteiger partial charge in [0.15, 0.2) is 0 Å². The third-order valence-corrected chi connectivity index (χ3v) is 4.22. The minimum absolute atomic E-state index is 0.0410. The van der Waals surface area contributed by atoms with E-state index in [-0.39, 0.29) is 35.4 Å². The highest BCUT2D eigenvalue weighted by molar-refractivity contribution is 5.93. The highest BCUT2D eigenvalue weighted by atomic mass is 16.2. The van der Waals surface area contributed by atoms with Crippen LogP contribution in [0.5, 0.6) is 0 Å². The Kier molecular flexibility index (Phi) is 4.63. The van der Waals surface area contributed by atoms with Crippen molar-refractivity contribution in [2.75, 3.05) is 0 Å². The number of amides is 2. The summed E-state index contributed by atoms with van der Waals surface area (Å²) in [6.07, 6.45) is 3.06. The van der Waals surface area contributed by atoms with E-state index in [0.717, 1.165) is 0 Å². The van der Waals surface area contributed by atoms with Gasteiger partial charge in [-0.25, -0.2) is 0 Å². The van der Waals surface area contributed by atoms with Crippen molar-refractivity contribution >= 4 is 11.8 Å². The van der Waals surface area contributed by atoms with Gasteiger partial charge < -0.3 is 15.2 Å². The maximum atomic E-state index is 12.6. The van der Waals surface area contributed by atoms with Crippen LogP contribution in [0.2, 0.25) is 0 Å². The highest BCUT2D eigenvalue weighted by Crippen LogP contribution is 2.27. The van der Waals surface area contributed by atoms with E-state index in [9.17, 15) is 9.59 Å². The molecule has 0 spiro atoms. The van der Waals surface area contributed by atoms with Crippen LogP contribution < -0.4 is 10.6 Å². The normalized spacial score (nSPS) is 22.5. The van der Waals surface area contributed by atoms with Crippen LogP contribution in [0.3, 0.4) is 0 Å². The molecule has 122 valence electrons. The van der Waals surface area contributed by atoms with Gasteiger partial charge in [0.25, 0.3) is 5.91 Å². The number of aromatic nitrogens is 1. The quantitative estimate of drug-likeness (QED) is 0.901. The van der Waals surface area contributed by atoms with Gasteiger partial charge in [-0.3, -0.25) is 9.59 Å². The fourth-order valence-corrected chi connectivity index (χ4v) is 3.05. The maximum Gasteiger partial charge on any atom is 0.268 e. The van der Waals surface area contributed by atoms with Crippen LogP contribution in [0.15, 0.2) is 18.3 Å². The van der Waals surface area contributed by atoms with Crippen molar-refractivity contribution in [3.63, 3.8) is 0 Å². The molecule has 0 aliphatic carbocycles. The van der Waals surface area contributed by atoms with E-state index in [4.69, 9.17) is 0 Å². The molecule has 0 bridgehead atoms. The molecule has 5 heteroatoms. The number of hydrogen-bond acceptors (Lipinski definition) is 2. The Hall–Kier alpha value is -1.78. The van der Waals surface area contributed by atoms with E-state index in [1.165, 1.54) is 0 Å². The lowest BCUT2D eigenvalue weighted by atomic mass is 9.78. The fourth-order valence-electron chi connectivity index (χ4n) is 3.05. The molecule has 5 nitrogen and oxygen atoms in total. The largest absolute Gasteiger partial charge is 0.351 e. The smallest absolute Gasteiger partial charge is 0.268 e. The number of carbonyl (C=O) groups excluding carboxylic acids is 2. The number of carbonyl (C=O) groups is 2. The molecule has 1 saturated heterocycles. The van der Waals surface area contributed by atoms with E-state index in [2.05, 4.69) is 45.3 Å². The van der Waals surface area contributed by atoms with E-state index in [0.29, 0.717) is 18.5 Å². The average Bonchev–Trinajstić information content (AvgIpc) is 2.89. The van der Waals surface area contributed by atoms with Gasteiger partial charge in [-0.05, 0) is 37.8 Å². The van der Waals surface area contributed by atoms with E-state index in [1.54, 1.807) is 0 Å². The fraction of sp³-hybridized carbons (Fsp3) is 0.647. The standard InChI is InChI=1S/C17H27N3O2/c1-11(2)20-10-6-7-13(20)16(22)18-12-8-9-14(21)19-15(12)17(3,4)5/h6-7,10-12,15H,8-9H2,1-5H3,(H,18,22)(H,19,21)/t12-,15-/m1/s1. The zero-order valence-electron chi connectivity index (χ0n) is 14.1. The number of nitrogens with zero attached hydrogens (tertiary/aromatic N) is 1. The number of rotatable bonds is 3. The van der Waals surface area contributed by atoms with Crippen molar-refractivity contribution in [1.82, 2.24) is 15.2 Å². The average molecular weight is 305 g/mol. The van der Waals surface area contributed by atoms with Crippen molar-refractivity contribution in [2.45, 2.75) is 65.6 Å². The third kappa shape index (κ3) is 3.51. The van der Waals surface area contributed by atoms with E-state index in [1.807, 2.05) is 22.9 Å². The molecule has 1 aliphatic rings. The molecule has 0 radical (unpaired) electrons. The molecule has 1 aromatic heterocycles. The van der Waals surface area contributed by atoms with Crippen molar-refractivity contribution in [3.8, 4) is 0 Å².